The number of aliphatic hydroxyl groups excluding tert-OH is 1. The van der Waals surface area contributed by atoms with Crippen LogP contribution in [0.15, 0.2) is 61.1 Å². The van der Waals surface area contributed by atoms with Gasteiger partial charge in [-0.2, -0.15) is 32.1 Å². The lowest BCUT2D eigenvalue weighted by atomic mass is 10.1. The van der Waals surface area contributed by atoms with Crippen molar-refractivity contribution in [3.8, 4) is 28.3 Å². The van der Waals surface area contributed by atoms with Crippen molar-refractivity contribution in [2.45, 2.75) is 18.7 Å². The summed E-state index contributed by atoms with van der Waals surface area (Å²) in [5, 5.41) is 15.0. The standard InChI is InChI=1S/C25H25FN6O.2H2S/c1-29(2)23-13-30(14-24(23)33)20-7-8-21-18(9-20)12-31-11-17(16-3-5-19(26)6-4-16)10-22(31)25-27-15-28-32(21)25;;/h3-11,15,23-24,33H,12-14H2,1-2H3;2*1H2/t23-,24-;;/m0../s1. The molecule has 4 aromatic rings. The summed E-state index contributed by atoms with van der Waals surface area (Å²) in [6, 6.07) is 15.1. The van der Waals surface area contributed by atoms with E-state index in [4.69, 9.17) is 0 Å². The lowest BCUT2D eigenvalue weighted by molar-refractivity contribution is 0.114. The SMILES string of the molecule is CN(C)[C@H]1CN(c2ccc3c(c2)Cn2cc(-c4ccc(F)cc4)cc2-c2ncnn2-3)C[C@@H]1O.S.S. The maximum absolute atomic E-state index is 13.4. The number of benzene rings is 2. The molecule has 4 heterocycles. The third-order valence-electron chi connectivity index (χ3n) is 6.77. The minimum absolute atomic E-state index is 0. The van der Waals surface area contributed by atoms with E-state index in [1.165, 1.54) is 12.1 Å². The molecule has 0 aliphatic carbocycles. The molecule has 7 nitrogen and oxygen atoms in total. The Hall–Kier alpha value is -2.79. The van der Waals surface area contributed by atoms with Gasteiger partial charge < -0.3 is 19.5 Å². The summed E-state index contributed by atoms with van der Waals surface area (Å²) in [5.74, 6) is 0.531. The Kier molecular flexibility index (Phi) is 7.01. The molecule has 1 N–H and O–H groups in total. The van der Waals surface area contributed by atoms with E-state index in [2.05, 4.69) is 54.9 Å². The predicted molar refractivity (Wildman–Crippen MR) is 146 cm³/mol. The first-order chi connectivity index (χ1) is 16.0. The fourth-order valence-electron chi connectivity index (χ4n) is 4.99. The van der Waals surface area contributed by atoms with E-state index in [0.717, 1.165) is 46.1 Å². The summed E-state index contributed by atoms with van der Waals surface area (Å²) in [6.07, 6.45) is 3.28. The Morgan fingerprint density at radius 1 is 1.00 bits per heavy atom. The first kappa shape index (κ1) is 25.3. The molecule has 0 spiro atoms. The van der Waals surface area contributed by atoms with Crippen molar-refractivity contribution in [2.75, 3.05) is 32.1 Å². The quantitative estimate of drug-likeness (QED) is 0.402. The van der Waals surface area contributed by atoms with E-state index in [1.807, 2.05) is 18.8 Å². The monoisotopic (exact) mass is 512 g/mol. The van der Waals surface area contributed by atoms with Crippen LogP contribution in [0.3, 0.4) is 0 Å². The highest BCUT2D eigenvalue weighted by Gasteiger charge is 2.33. The van der Waals surface area contributed by atoms with Gasteiger partial charge in [0, 0.05) is 37.1 Å². The highest BCUT2D eigenvalue weighted by atomic mass is 32.1. The van der Waals surface area contributed by atoms with Gasteiger partial charge in [-0.3, -0.25) is 0 Å². The Morgan fingerprint density at radius 2 is 1.77 bits per heavy atom. The van der Waals surface area contributed by atoms with Gasteiger partial charge in [0.1, 0.15) is 12.1 Å². The van der Waals surface area contributed by atoms with Crippen LogP contribution in [0.4, 0.5) is 10.1 Å². The number of β-amino-alcohol motifs (C(OH)–C–C–N with tert-alkyl or cyclic N) is 1. The number of hydrogen-bond acceptors (Lipinski definition) is 5. The molecule has 10 heteroatoms. The number of fused-ring (bicyclic) bond motifs is 5. The van der Waals surface area contributed by atoms with Gasteiger partial charge in [-0.05, 0) is 61.6 Å². The van der Waals surface area contributed by atoms with Gasteiger partial charge in [0.2, 0.25) is 0 Å². The summed E-state index contributed by atoms with van der Waals surface area (Å²) in [4.78, 5) is 8.86. The van der Waals surface area contributed by atoms with Crippen LogP contribution in [0.1, 0.15) is 5.56 Å². The summed E-state index contributed by atoms with van der Waals surface area (Å²) >= 11 is 0. The van der Waals surface area contributed by atoms with E-state index in [-0.39, 0.29) is 45.0 Å². The van der Waals surface area contributed by atoms with E-state index in [0.29, 0.717) is 13.1 Å². The minimum Gasteiger partial charge on any atom is -0.390 e. The van der Waals surface area contributed by atoms with Gasteiger partial charge in [-0.15, -0.1) is 0 Å². The molecular formula is C25H29FN6OS2. The number of anilines is 1. The van der Waals surface area contributed by atoms with Gasteiger partial charge in [0.15, 0.2) is 5.82 Å². The van der Waals surface area contributed by atoms with E-state index in [9.17, 15) is 9.50 Å². The molecule has 2 aromatic carbocycles. The summed E-state index contributed by atoms with van der Waals surface area (Å²) < 4.78 is 17.5. The first-order valence-electron chi connectivity index (χ1n) is 11.1. The number of rotatable bonds is 3. The summed E-state index contributed by atoms with van der Waals surface area (Å²) in [5.41, 5.74) is 6.15. The average Bonchev–Trinajstić information content (AvgIpc) is 3.51. The van der Waals surface area contributed by atoms with Gasteiger partial charge in [-0.25, -0.2) is 14.1 Å². The molecule has 2 atom stereocenters. The molecule has 1 saturated heterocycles. The fourth-order valence-corrected chi connectivity index (χ4v) is 4.99. The molecule has 1 fully saturated rings. The number of likely N-dealkylation sites (N-methyl/N-ethyl adjacent to an activating group) is 1. The van der Waals surface area contributed by atoms with Crippen LogP contribution >= 0.6 is 27.0 Å². The lowest BCUT2D eigenvalue weighted by Crippen LogP contribution is -2.38. The number of aromatic nitrogens is 4. The van der Waals surface area contributed by atoms with Crippen LogP contribution in [0.25, 0.3) is 28.3 Å². The van der Waals surface area contributed by atoms with Gasteiger partial charge in [0.25, 0.3) is 0 Å². The molecule has 0 unspecified atom stereocenters. The molecule has 2 aromatic heterocycles. The minimum atomic E-state index is -0.380. The highest BCUT2D eigenvalue weighted by molar-refractivity contribution is 7.59. The lowest BCUT2D eigenvalue weighted by Gasteiger charge is -2.23. The van der Waals surface area contributed by atoms with Crippen LogP contribution in [0.5, 0.6) is 0 Å². The highest BCUT2D eigenvalue weighted by Crippen LogP contribution is 2.35. The topological polar surface area (TPSA) is 62.3 Å². The van der Waals surface area contributed by atoms with E-state index < -0.39 is 0 Å². The number of aliphatic hydroxyl groups is 1. The van der Waals surface area contributed by atoms with Crippen molar-refractivity contribution in [3.05, 3.63) is 72.4 Å². The van der Waals surface area contributed by atoms with Crippen LogP contribution in [-0.4, -0.2) is 68.7 Å². The smallest absolute Gasteiger partial charge is 0.179 e. The summed E-state index contributed by atoms with van der Waals surface area (Å²) in [6.45, 7) is 2.06. The van der Waals surface area contributed by atoms with Gasteiger partial charge in [0.05, 0.1) is 23.5 Å². The van der Waals surface area contributed by atoms with E-state index in [1.54, 1.807) is 18.5 Å². The second-order valence-electron chi connectivity index (χ2n) is 9.06. The molecule has 184 valence electrons. The van der Waals surface area contributed by atoms with Crippen molar-refractivity contribution in [1.82, 2.24) is 24.2 Å². The second kappa shape index (κ2) is 9.69. The maximum atomic E-state index is 13.4. The second-order valence-corrected chi connectivity index (χ2v) is 9.06. The Bertz CT molecular complexity index is 1340. The summed E-state index contributed by atoms with van der Waals surface area (Å²) in [7, 11) is 4.01. The Labute approximate surface area is 217 Å². The Balaban J connectivity index is 0.00000144. The number of nitrogens with zero attached hydrogens (tertiary/aromatic N) is 6. The molecule has 35 heavy (non-hydrogen) atoms. The van der Waals surface area contributed by atoms with Crippen molar-refractivity contribution in [3.63, 3.8) is 0 Å². The van der Waals surface area contributed by atoms with Crippen molar-refractivity contribution >= 4 is 32.7 Å². The molecule has 0 saturated carbocycles. The molecule has 2 aliphatic rings. The van der Waals surface area contributed by atoms with Crippen molar-refractivity contribution in [2.24, 2.45) is 0 Å². The number of hydrogen-bond donors (Lipinski definition) is 1. The molecule has 2 aliphatic heterocycles. The van der Waals surface area contributed by atoms with Gasteiger partial charge in [-0.1, -0.05) is 12.1 Å². The zero-order chi connectivity index (χ0) is 22.7. The van der Waals surface area contributed by atoms with Crippen molar-refractivity contribution < 1.29 is 9.50 Å². The van der Waals surface area contributed by atoms with Crippen LogP contribution in [-0.2, 0) is 6.54 Å². The van der Waals surface area contributed by atoms with E-state index >= 15 is 0 Å². The van der Waals surface area contributed by atoms with Crippen LogP contribution < -0.4 is 4.90 Å². The van der Waals surface area contributed by atoms with Crippen LogP contribution in [0.2, 0.25) is 0 Å². The largest absolute Gasteiger partial charge is 0.390 e. The Morgan fingerprint density at radius 3 is 2.49 bits per heavy atom. The molecular weight excluding hydrogens is 483 g/mol. The fraction of sp³-hybridized carbons (Fsp3) is 0.280. The third kappa shape index (κ3) is 4.35. The number of halogens is 1. The zero-order valence-electron chi connectivity index (χ0n) is 19.6. The molecule has 6 rings (SSSR count). The molecule has 0 radical (unpaired) electrons. The average molecular weight is 513 g/mol. The van der Waals surface area contributed by atoms with Crippen LogP contribution in [0, 0.1) is 5.82 Å². The van der Waals surface area contributed by atoms with Crippen molar-refractivity contribution in [1.29, 1.82) is 0 Å². The normalized spacial score (nSPS) is 18.3. The maximum Gasteiger partial charge on any atom is 0.179 e. The predicted octanol–water partition coefficient (Wildman–Crippen LogP) is 3.24. The zero-order valence-corrected chi connectivity index (χ0v) is 21.6. The molecule has 0 bridgehead atoms. The molecule has 0 amide bonds. The third-order valence-corrected chi connectivity index (χ3v) is 6.77. The first-order valence-corrected chi connectivity index (χ1v) is 11.1. The van der Waals surface area contributed by atoms with Gasteiger partial charge >= 0.3 is 0 Å².